The molecule has 0 heterocycles. The van der Waals surface area contributed by atoms with Gasteiger partial charge in [0.05, 0.1) is 0 Å². The molecule has 0 aliphatic heterocycles. The molecule has 0 fully saturated rings. The van der Waals surface area contributed by atoms with Crippen LogP contribution in [-0.4, -0.2) is 11.7 Å². The first-order valence-electron chi connectivity index (χ1n) is 5.53. The largest absolute Gasteiger partial charge is 0.396 e. The van der Waals surface area contributed by atoms with E-state index in [1.807, 2.05) is 0 Å². The van der Waals surface area contributed by atoms with E-state index in [0.29, 0.717) is 0 Å². The minimum Gasteiger partial charge on any atom is -0.396 e. The van der Waals surface area contributed by atoms with Gasteiger partial charge in [-0.25, -0.2) is 0 Å². The molecule has 2 aromatic carbocycles. The van der Waals surface area contributed by atoms with E-state index in [9.17, 15) is 0 Å². The topological polar surface area (TPSA) is 20.2 Å². The first-order valence-corrected chi connectivity index (χ1v) is 5.53. The summed E-state index contributed by atoms with van der Waals surface area (Å²) in [6.07, 6.45) is 3.12. The second kappa shape index (κ2) is 3.35. The highest BCUT2D eigenvalue weighted by atomic mass is 16.2. The van der Waals surface area contributed by atoms with Gasteiger partial charge in [-0.3, -0.25) is 0 Å². The summed E-state index contributed by atoms with van der Waals surface area (Å²) in [5.41, 5.74) is 4.23. The Hall–Kier alpha value is -1.34. The zero-order valence-electron chi connectivity index (χ0n) is 8.66. The highest BCUT2D eigenvalue weighted by Crippen LogP contribution is 2.32. The van der Waals surface area contributed by atoms with Gasteiger partial charge in [-0.2, -0.15) is 0 Å². The van der Waals surface area contributed by atoms with Gasteiger partial charge in [0.1, 0.15) is 0 Å². The maximum absolute atomic E-state index is 9.03. The minimum absolute atomic E-state index is 0.235. The first kappa shape index (κ1) is 8.93. The molecule has 2 aromatic rings. The SMILES string of the molecule is OCCc1ccc2c3c(cccc13)CC2. The van der Waals surface area contributed by atoms with Crippen molar-refractivity contribution >= 4 is 10.8 Å². The summed E-state index contributed by atoms with van der Waals surface area (Å²) >= 11 is 0. The summed E-state index contributed by atoms with van der Waals surface area (Å²) in [6, 6.07) is 10.9. The molecule has 0 saturated heterocycles. The van der Waals surface area contributed by atoms with Crippen molar-refractivity contribution in [2.75, 3.05) is 6.61 Å². The summed E-state index contributed by atoms with van der Waals surface area (Å²) in [4.78, 5) is 0. The molecule has 0 radical (unpaired) electrons. The van der Waals surface area contributed by atoms with Crippen LogP contribution in [0.5, 0.6) is 0 Å². The molecule has 1 heteroatoms. The number of hydrogen-bond donors (Lipinski definition) is 1. The van der Waals surface area contributed by atoms with Crippen LogP contribution in [0.15, 0.2) is 30.3 Å². The number of aryl methyl sites for hydroxylation is 2. The van der Waals surface area contributed by atoms with Crippen molar-refractivity contribution in [3.63, 3.8) is 0 Å². The van der Waals surface area contributed by atoms with Gasteiger partial charge in [0.2, 0.25) is 0 Å². The molecule has 1 nitrogen and oxygen atoms in total. The quantitative estimate of drug-likeness (QED) is 0.786. The van der Waals surface area contributed by atoms with Crippen LogP contribution in [-0.2, 0) is 19.3 Å². The molecular formula is C14H14O. The van der Waals surface area contributed by atoms with Gasteiger partial charge in [-0.05, 0) is 46.7 Å². The molecule has 0 unspecified atom stereocenters. The maximum atomic E-state index is 9.03. The second-order valence-electron chi connectivity index (χ2n) is 4.20. The summed E-state index contributed by atoms with van der Waals surface area (Å²) in [5, 5.41) is 11.8. The lowest BCUT2D eigenvalue weighted by Crippen LogP contribution is -1.93. The van der Waals surface area contributed by atoms with E-state index < -0.39 is 0 Å². The third-order valence-electron chi connectivity index (χ3n) is 3.35. The molecule has 0 spiro atoms. The molecule has 76 valence electrons. The molecule has 0 aromatic heterocycles. The molecule has 1 aliphatic carbocycles. The van der Waals surface area contributed by atoms with E-state index in [-0.39, 0.29) is 6.61 Å². The van der Waals surface area contributed by atoms with E-state index in [4.69, 9.17) is 5.11 Å². The van der Waals surface area contributed by atoms with Crippen LogP contribution in [0, 0.1) is 0 Å². The smallest absolute Gasteiger partial charge is 0.0471 e. The van der Waals surface area contributed by atoms with Crippen LogP contribution in [0.25, 0.3) is 10.8 Å². The molecule has 1 aliphatic rings. The number of aliphatic hydroxyl groups is 1. The van der Waals surface area contributed by atoms with Crippen LogP contribution in [0.3, 0.4) is 0 Å². The van der Waals surface area contributed by atoms with Crippen molar-refractivity contribution in [3.05, 3.63) is 47.0 Å². The van der Waals surface area contributed by atoms with Gasteiger partial charge in [-0.15, -0.1) is 0 Å². The minimum atomic E-state index is 0.235. The maximum Gasteiger partial charge on any atom is 0.0471 e. The van der Waals surface area contributed by atoms with Crippen LogP contribution in [0.1, 0.15) is 16.7 Å². The highest BCUT2D eigenvalue weighted by Gasteiger charge is 2.14. The van der Waals surface area contributed by atoms with Gasteiger partial charge in [-0.1, -0.05) is 30.3 Å². The Morgan fingerprint density at radius 3 is 2.60 bits per heavy atom. The zero-order chi connectivity index (χ0) is 10.3. The standard InChI is InChI=1S/C14H14O/c15-9-8-10-4-5-12-7-6-11-2-1-3-13(10)14(11)12/h1-5,15H,6-9H2. The highest BCUT2D eigenvalue weighted by molar-refractivity contribution is 5.93. The molecule has 0 atom stereocenters. The number of aliphatic hydroxyl groups excluding tert-OH is 1. The van der Waals surface area contributed by atoms with Crippen molar-refractivity contribution in [1.29, 1.82) is 0 Å². The third kappa shape index (κ3) is 1.27. The number of benzene rings is 2. The molecule has 0 bridgehead atoms. The van der Waals surface area contributed by atoms with Crippen molar-refractivity contribution in [2.24, 2.45) is 0 Å². The normalized spacial score (nSPS) is 13.7. The van der Waals surface area contributed by atoms with E-state index in [1.54, 1.807) is 0 Å². The lowest BCUT2D eigenvalue weighted by atomic mass is 9.98. The van der Waals surface area contributed by atoms with Crippen LogP contribution >= 0.6 is 0 Å². The van der Waals surface area contributed by atoms with E-state index in [0.717, 1.165) is 6.42 Å². The fourth-order valence-electron chi connectivity index (χ4n) is 2.65. The monoisotopic (exact) mass is 198 g/mol. The fourth-order valence-corrected chi connectivity index (χ4v) is 2.65. The average molecular weight is 198 g/mol. The van der Waals surface area contributed by atoms with Gasteiger partial charge in [0, 0.05) is 6.61 Å². The Bertz CT molecular complexity index is 504. The van der Waals surface area contributed by atoms with Crippen LogP contribution in [0.2, 0.25) is 0 Å². The lowest BCUT2D eigenvalue weighted by molar-refractivity contribution is 0.300. The summed E-state index contributed by atoms with van der Waals surface area (Å²) < 4.78 is 0. The Morgan fingerprint density at radius 2 is 1.80 bits per heavy atom. The third-order valence-corrected chi connectivity index (χ3v) is 3.35. The van der Waals surface area contributed by atoms with Crippen LogP contribution in [0.4, 0.5) is 0 Å². The van der Waals surface area contributed by atoms with Crippen molar-refractivity contribution in [1.82, 2.24) is 0 Å². The fraction of sp³-hybridized carbons (Fsp3) is 0.286. The lowest BCUT2D eigenvalue weighted by Gasteiger charge is -2.07. The predicted molar refractivity (Wildman–Crippen MR) is 62.1 cm³/mol. The van der Waals surface area contributed by atoms with Gasteiger partial charge in [0.25, 0.3) is 0 Å². The van der Waals surface area contributed by atoms with Crippen molar-refractivity contribution in [3.8, 4) is 0 Å². The summed E-state index contributed by atoms with van der Waals surface area (Å²) in [7, 11) is 0. The van der Waals surface area contributed by atoms with Gasteiger partial charge in [0.15, 0.2) is 0 Å². The number of rotatable bonds is 2. The molecule has 15 heavy (non-hydrogen) atoms. The zero-order valence-corrected chi connectivity index (χ0v) is 8.66. The van der Waals surface area contributed by atoms with Crippen LogP contribution < -0.4 is 0 Å². The van der Waals surface area contributed by atoms with Gasteiger partial charge >= 0.3 is 0 Å². The van der Waals surface area contributed by atoms with E-state index in [2.05, 4.69) is 30.3 Å². The summed E-state index contributed by atoms with van der Waals surface area (Å²) in [6.45, 7) is 0.235. The Balaban J connectivity index is 2.33. The molecule has 3 rings (SSSR count). The Morgan fingerprint density at radius 1 is 1.00 bits per heavy atom. The number of hydrogen-bond acceptors (Lipinski definition) is 1. The summed E-state index contributed by atoms with van der Waals surface area (Å²) in [5.74, 6) is 0. The van der Waals surface area contributed by atoms with Crippen molar-refractivity contribution in [2.45, 2.75) is 19.3 Å². The predicted octanol–water partition coefficient (Wildman–Crippen LogP) is 2.47. The van der Waals surface area contributed by atoms with E-state index >= 15 is 0 Å². The second-order valence-corrected chi connectivity index (χ2v) is 4.20. The molecular weight excluding hydrogens is 184 g/mol. The molecule has 0 amide bonds. The van der Waals surface area contributed by atoms with Crippen molar-refractivity contribution < 1.29 is 5.11 Å². The molecule has 0 saturated carbocycles. The van der Waals surface area contributed by atoms with Gasteiger partial charge < -0.3 is 5.11 Å². The first-order chi connectivity index (χ1) is 7.40. The van der Waals surface area contributed by atoms with E-state index in [1.165, 1.54) is 40.3 Å². The average Bonchev–Trinajstić information content (AvgIpc) is 2.68. The molecule has 1 N–H and O–H groups in total. The Kier molecular flexibility index (Phi) is 2.00. The Labute approximate surface area is 89.4 Å².